The standard InChI is InChI=1S/C29H31Cl2N5OS/c1-34(29(37)25-15-22(16-32)33-28-5-3-2-4-24(25)28)17-21(20-6-7-26(30)27(31)14-20)8-9-35-18-23(19-35)36-10-12-38-13-11-36/h2-7,14-15,21,23H,8-13,17-19H2,1H3/t21-/m1/s1. The number of carbonyl (C=O) groups is 1. The van der Waals surface area contributed by atoms with E-state index in [2.05, 4.69) is 20.9 Å². The van der Waals surface area contributed by atoms with Crippen LogP contribution < -0.4 is 0 Å². The molecule has 3 heterocycles. The van der Waals surface area contributed by atoms with Crippen molar-refractivity contribution < 1.29 is 4.79 Å². The molecule has 3 aromatic rings. The molecule has 5 rings (SSSR count). The zero-order valence-corrected chi connectivity index (χ0v) is 23.8. The first kappa shape index (κ1) is 27.2. The van der Waals surface area contributed by atoms with Gasteiger partial charge in [0, 0.05) is 68.6 Å². The Bertz CT molecular complexity index is 1350. The minimum Gasteiger partial charge on any atom is -0.341 e. The molecule has 1 aromatic heterocycles. The molecule has 2 aliphatic rings. The average molecular weight is 569 g/mol. The Morgan fingerprint density at radius 1 is 1.16 bits per heavy atom. The number of hydrogen-bond acceptors (Lipinski definition) is 6. The third kappa shape index (κ3) is 6.11. The normalized spacial score (nSPS) is 17.6. The Kier molecular flexibility index (Phi) is 8.77. The summed E-state index contributed by atoms with van der Waals surface area (Å²) in [6.07, 6.45) is 0.901. The molecule has 0 N–H and O–H groups in total. The highest BCUT2D eigenvalue weighted by Crippen LogP contribution is 2.30. The third-order valence-electron chi connectivity index (χ3n) is 7.61. The lowest BCUT2D eigenvalue weighted by molar-refractivity contribution is 0.0371. The molecule has 0 radical (unpaired) electrons. The summed E-state index contributed by atoms with van der Waals surface area (Å²) in [5, 5.41) is 11.3. The maximum absolute atomic E-state index is 13.7. The molecular weight excluding hydrogens is 537 g/mol. The van der Waals surface area contributed by atoms with Crippen molar-refractivity contribution in [2.75, 3.05) is 57.8 Å². The van der Waals surface area contributed by atoms with E-state index in [0.29, 0.717) is 33.7 Å². The van der Waals surface area contributed by atoms with E-state index in [1.165, 1.54) is 24.6 Å². The Morgan fingerprint density at radius 3 is 2.66 bits per heavy atom. The number of halogens is 2. The molecule has 0 aliphatic carbocycles. The summed E-state index contributed by atoms with van der Waals surface area (Å²) in [6, 6.07) is 17.6. The second kappa shape index (κ2) is 12.2. The molecule has 6 nitrogen and oxygen atoms in total. The molecule has 2 aliphatic heterocycles. The van der Waals surface area contributed by atoms with Crippen LogP contribution >= 0.6 is 35.0 Å². The van der Waals surface area contributed by atoms with Gasteiger partial charge in [-0.1, -0.05) is 47.5 Å². The zero-order valence-electron chi connectivity index (χ0n) is 21.4. The number of nitriles is 1. The molecule has 1 amide bonds. The smallest absolute Gasteiger partial charge is 0.254 e. The lowest BCUT2D eigenvalue weighted by Crippen LogP contribution is -2.61. The van der Waals surface area contributed by atoms with E-state index in [0.717, 1.165) is 37.0 Å². The van der Waals surface area contributed by atoms with Crippen LogP contribution in [0.25, 0.3) is 10.9 Å². The van der Waals surface area contributed by atoms with Gasteiger partial charge in [-0.25, -0.2) is 4.98 Å². The van der Waals surface area contributed by atoms with Crippen molar-refractivity contribution >= 4 is 51.8 Å². The average Bonchev–Trinajstić information content (AvgIpc) is 2.92. The van der Waals surface area contributed by atoms with Crippen molar-refractivity contribution in [3.63, 3.8) is 0 Å². The fraction of sp³-hybridized carbons (Fsp3) is 0.414. The van der Waals surface area contributed by atoms with Gasteiger partial charge >= 0.3 is 0 Å². The topological polar surface area (TPSA) is 63.5 Å². The van der Waals surface area contributed by atoms with E-state index in [9.17, 15) is 10.1 Å². The quantitative estimate of drug-likeness (QED) is 0.363. The van der Waals surface area contributed by atoms with Crippen molar-refractivity contribution in [3.05, 3.63) is 75.4 Å². The molecule has 2 saturated heterocycles. The van der Waals surface area contributed by atoms with Gasteiger partial charge in [-0.2, -0.15) is 17.0 Å². The number of hydrogen-bond donors (Lipinski definition) is 0. The van der Waals surface area contributed by atoms with E-state index in [1.807, 2.05) is 61.3 Å². The minimum absolute atomic E-state index is 0.0905. The largest absolute Gasteiger partial charge is 0.341 e. The van der Waals surface area contributed by atoms with Crippen molar-refractivity contribution in [2.24, 2.45) is 0 Å². The number of aromatic nitrogens is 1. The van der Waals surface area contributed by atoms with Gasteiger partial charge < -0.3 is 9.80 Å². The predicted molar refractivity (Wildman–Crippen MR) is 156 cm³/mol. The van der Waals surface area contributed by atoms with Crippen molar-refractivity contribution in [1.82, 2.24) is 19.7 Å². The first-order valence-corrected chi connectivity index (χ1v) is 14.9. The van der Waals surface area contributed by atoms with Crippen LogP contribution in [0.15, 0.2) is 48.5 Å². The summed E-state index contributed by atoms with van der Waals surface area (Å²) in [5.74, 6) is 2.43. The first-order valence-electron chi connectivity index (χ1n) is 13.0. The number of carbonyl (C=O) groups excluding carboxylic acids is 1. The van der Waals surface area contributed by atoms with Crippen LogP contribution in [0.3, 0.4) is 0 Å². The highest BCUT2D eigenvalue weighted by Gasteiger charge is 2.33. The van der Waals surface area contributed by atoms with Crippen molar-refractivity contribution in [1.29, 1.82) is 5.26 Å². The number of benzene rings is 2. The monoisotopic (exact) mass is 567 g/mol. The Balaban J connectivity index is 1.30. The summed E-state index contributed by atoms with van der Waals surface area (Å²) in [5.41, 5.74) is 2.44. The number of amides is 1. The Labute approximate surface area is 238 Å². The van der Waals surface area contributed by atoms with E-state index in [-0.39, 0.29) is 17.5 Å². The number of para-hydroxylation sites is 1. The SMILES string of the molecule is CN(C[C@@H](CCN1CC(N2CCSCC2)C1)c1ccc(Cl)c(Cl)c1)C(=O)c1cc(C#N)nc2ccccc12. The van der Waals surface area contributed by atoms with Crippen molar-refractivity contribution in [2.45, 2.75) is 18.4 Å². The summed E-state index contributed by atoms with van der Waals surface area (Å²) in [4.78, 5) is 24.9. The number of likely N-dealkylation sites (tertiary alicyclic amines) is 1. The van der Waals surface area contributed by atoms with Crippen LogP contribution in [-0.2, 0) is 0 Å². The zero-order chi connectivity index (χ0) is 26.6. The molecule has 0 spiro atoms. The molecule has 38 heavy (non-hydrogen) atoms. The highest BCUT2D eigenvalue weighted by molar-refractivity contribution is 7.99. The van der Waals surface area contributed by atoms with E-state index < -0.39 is 0 Å². The van der Waals surface area contributed by atoms with E-state index >= 15 is 0 Å². The van der Waals surface area contributed by atoms with Gasteiger partial charge in [0.25, 0.3) is 5.91 Å². The molecule has 2 aromatic carbocycles. The van der Waals surface area contributed by atoms with Crippen LogP contribution in [0, 0.1) is 11.3 Å². The van der Waals surface area contributed by atoms with Gasteiger partial charge in [-0.15, -0.1) is 0 Å². The van der Waals surface area contributed by atoms with E-state index in [1.54, 1.807) is 11.0 Å². The van der Waals surface area contributed by atoms with Crippen LogP contribution in [0.2, 0.25) is 10.0 Å². The second-order valence-electron chi connectivity index (χ2n) is 10.1. The molecule has 9 heteroatoms. The summed E-state index contributed by atoms with van der Waals surface area (Å²) in [7, 11) is 1.82. The van der Waals surface area contributed by atoms with Gasteiger partial charge in [0.2, 0.25) is 0 Å². The molecule has 1 atom stereocenters. The minimum atomic E-state index is -0.128. The Morgan fingerprint density at radius 2 is 1.92 bits per heavy atom. The molecule has 198 valence electrons. The maximum atomic E-state index is 13.7. The van der Waals surface area contributed by atoms with Gasteiger partial charge in [0.05, 0.1) is 21.1 Å². The lowest BCUT2D eigenvalue weighted by atomic mass is 9.93. The predicted octanol–water partition coefficient (Wildman–Crippen LogP) is 5.39. The maximum Gasteiger partial charge on any atom is 0.254 e. The number of rotatable bonds is 8. The van der Waals surface area contributed by atoms with Crippen LogP contribution in [-0.4, -0.2) is 89.5 Å². The number of pyridine rings is 1. The fourth-order valence-corrected chi connectivity index (χ4v) is 6.63. The van der Waals surface area contributed by atoms with Gasteiger partial charge in [0.1, 0.15) is 11.8 Å². The summed E-state index contributed by atoms with van der Waals surface area (Å²) in [6.45, 7) is 6.08. The molecule has 0 unspecified atom stereocenters. The molecule has 0 saturated carbocycles. The van der Waals surface area contributed by atoms with Crippen LogP contribution in [0.4, 0.5) is 0 Å². The van der Waals surface area contributed by atoms with Crippen LogP contribution in [0.1, 0.15) is 34.0 Å². The summed E-state index contributed by atoms with van der Waals surface area (Å²) < 4.78 is 0. The molecule has 2 fully saturated rings. The second-order valence-corrected chi connectivity index (χ2v) is 12.1. The fourth-order valence-electron chi connectivity index (χ4n) is 5.40. The number of nitrogens with zero attached hydrogens (tertiary/aromatic N) is 5. The van der Waals surface area contributed by atoms with Gasteiger partial charge in [-0.3, -0.25) is 9.69 Å². The number of fused-ring (bicyclic) bond motifs is 1. The van der Waals surface area contributed by atoms with Gasteiger partial charge in [0.15, 0.2) is 0 Å². The first-order chi connectivity index (χ1) is 18.4. The van der Waals surface area contributed by atoms with Crippen LogP contribution in [0.5, 0.6) is 0 Å². The number of likely N-dealkylation sites (N-methyl/N-ethyl adjacent to an activating group) is 1. The molecule has 0 bridgehead atoms. The Hall–Kier alpha value is -2.34. The number of thioether (sulfide) groups is 1. The highest BCUT2D eigenvalue weighted by atomic mass is 35.5. The van der Waals surface area contributed by atoms with E-state index in [4.69, 9.17) is 23.2 Å². The lowest BCUT2D eigenvalue weighted by Gasteiger charge is -2.47. The van der Waals surface area contributed by atoms with Gasteiger partial charge in [-0.05, 0) is 42.8 Å². The molecular formula is C29H31Cl2N5OS. The summed E-state index contributed by atoms with van der Waals surface area (Å²) >= 11 is 14.6. The van der Waals surface area contributed by atoms with Crippen molar-refractivity contribution in [3.8, 4) is 6.07 Å². The third-order valence-corrected chi connectivity index (χ3v) is 9.29.